The maximum absolute atomic E-state index is 12.4. The fraction of sp³-hybridized carbons (Fsp3) is 0.400. The Labute approximate surface area is 134 Å². The van der Waals surface area contributed by atoms with Gasteiger partial charge >= 0.3 is 6.16 Å². The molecule has 0 unspecified atom stereocenters. The molecule has 124 valence electrons. The molecule has 0 fully saturated rings. The predicted molar refractivity (Wildman–Crippen MR) is 88.8 cm³/mol. The van der Waals surface area contributed by atoms with E-state index < -0.39 is 14.2 Å². The van der Waals surface area contributed by atoms with Gasteiger partial charge in [-0.2, -0.15) is 4.68 Å². The fourth-order valence-electron chi connectivity index (χ4n) is 1.98. The van der Waals surface area contributed by atoms with E-state index in [-0.39, 0.29) is 18.2 Å². The third kappa shape index (κ3) is 4.64. The zero-order valence-corrected chi connectivity index (χ0v) is 14.4. The van der Waals surface area contributed by atoms with Crippen molar-refractivity contribution in [3.8, 4) is 5.88 Å². The van der Waals surface area contributed by atoms with Crippen molar-refractivity contribution in [2.45, 2.75) is 32.4 Å². The summed E-state index contributed by atoms with van der Waals surface area (Å²) in [5.41, 5.74) is -0.341. The zero-order chi connectivity index (χ0) is 17.0. The summed E-state index contributed by atoms with van der Waals surface area (Å²) in [5.74, 6) is -0.124. The summed E-state index contributed by atoms with van der Waals surface area (Å²) in [7, 11) is -1.22. The molecule has 0 aliphatic heterocycles. The Morgan fingerprint density at radius 3 is 2.52 bits per heavy atom. The summed E-state index contributed by atoms with van der Waals surface area (Å²) in [6.45, 7) is 7.19. The van der Waals surface area contributed by atoms with Crippen LogP contribution in [0.25, 0.3) is 10.8 Å². The molecule has 0 aliphatic rings. The molecule has 0 spiro atoms. The minimum atomic E-state index is -1.48. The van der Waals surface area contributed by atoms with Gasteiger partial charge in [0, 0.05) is 14.7 Å². The third-order valence-corrected chi connectivity index (χ3v) is 4.93. The van der Waals surface area contributed by atoms with Crippen molar-refractivity contribution in [1.29, 1.82) is 0 Å². The first kappa shape index (κ1) is 17.2. The van der Waals surface area contributed by atoms with Gasteiger partial charge in [0.15, 0.2) is 0 Å². The molecule has 1 aromatic heterocycles. The van der Waals surface area contributed by atoms with E-state index in [4.69, 9.17) is 9.84 Å². The summed E-state index contributed by atoms with van der Waals surface area (Å²) in [4.78, 5) is 23.2. The van der Waals surface area contributed by atoms with E-state index in [0.717, 1.165) is 10.7 Å². The van der Waals surface area contributed by atoms with Crippen LogP contribution in [0.3, 0.4) is 0 Å². The van der Waals surface area contributed by atoms with Gasteiger partial charge < -0.3 is 14.6 Å². The maximum atomic E-state index is 12.4. The van der Waals surface area contributed by atoms with Crippen LogP contribution < -0.4 is 10.3 Å². The Balaban J connectivity index is 2.27. The lowest BCUT2D eigenvalue weighted by molar-refractivity contribution is 0.0733. The standard InChI is InChI=1S/C15H20N2O5Si/c1-23(2,3)9-8-21-10-17-14(18)12-7-5-4-6-11(12)13(16-17)22-15(19)20/h4-7H,8-10H2,1-3H3,(H,19,20). The Hall–Kier alpha value is -2.19. The van der Waals surface area contributed by atoms with Gasteiger partial charge in [0.25, 0.3) is 11.4 Å². The molecule has 23 heavy (non-hydrogen) atoms. The molecule has 7 nitrogen and oxygen atoms in total. The zero-order valence-electron chi connectivity index (χ0n) is 13.4. The first-order chi connectivity index (χ1) is 10.8. The van der Waals surface area contributed by atoms with Gasteiger partial charge in [0.05, 0.1) is 10.8 Å². The fourth-order valence-corrected chi connectivity index (χ4v) is 2.74. The molecule has 1 heterocycles. The molecule has 2 aromatic rings. The van der Waals surface area contributed by atoms with Crippen LogP contribution in [-0.4, -0.2) is 35.7 Å². The molecule has 0 amide bonds. The Morgan fingerprint density at radius 1 is 1.26 bits per heavy atom. The minimum Gasteiger partial charge on any atom is -0.449 e. The van der Waals surface area contributed by atoms with Crippen LogP contribution in [0.4, 0.5) is 4.79 Å². The SMILES string of the molecule is C[Si](C)(C)CCOCn1nc(OC(=O)O)c2ccccc2c1=O. The Morgan fingerprint density at radius 2 is 1.91 bits per heavy atom. The highest BCUT2D eigenvalue weighted by atomic mass is 28.3. The normalized spacial score (nSPS) is 11.6. The number of carbonyl (C=O) groups is 1. The maximum Gasteiger partial charge on any atom is 0.512 e. The van der Waals surface area contributed by atoms with E-state index in [2.05, 4.69) is 29.5 Å². The molecule has 1 N–H and O–H groups in total. The average Bonchev–Trinajstić information content (AvgIpc) is 2.46. The minimum absolute atomic E-state index is 0.0376. The lowest BCUT2D eigenvalue weighted by Gasteiger charge is -2.15. The van der Waals surface area contributed by atoms with Crippen molar-refractivity contribution in [3.63, 3.8) is 0 Å². The highest BCUT2D eigenvalue weighted by molar-refractivity contribution is 6.76. The van der Waals surface area contributed by atoms with Crippen LogP contribution in [0.2, 0.25) is 25.7 Å². The van der Waals surface area contributed by atoms with E-state index in [1.807, 2.05) is 0 Å². The topological polar surface area (TPSA) is 90.7 Å². The molecule has 0 radical (unpaired) electrons. The Kier molecular flexibility index (Phi) is 5.17. The smallest absolute Gasteiger partial charge is 0.449 e. The number of ether oxygens (including phenoxy) is 2. The van der Waals surface area contributed by atoms with E-state index in [0.29, 0.717) is 17.4 Å². The lowest BCUT2D eigenvalue weighted by Crippen LogP contribution is -2.27. The van der Waals surface area contributed by atoms with Crippen molar-refractivity contribution in [3.05, 3.63) is 34.6 Å². The van der Waals surface area contributed by atoms with E-state index in [1.54, 1.807) is 24.3 Å². The number of hydrogen-bond donors (Lipinski definition) is 1. The molecule has 0 aliphatic carbocycles. The largest absolute Gasteiger partial charge is 0.512 e. The summed E-state index contributed by atoms with van der Waals surface area (Å²) in [6.07, 6.45) is -1.48. The van der Waals surface area contributed by atoms with Gasteiger partial charge in [-0.1, -0.05) is 31.8 Å². The van der Waals surface area contributed by atoms with Crippen molar-refractivity contribution in [1.82, 2.24) is 9.78 Å². The number of fused-ring (bicyclic) bond motifs is 1. The van der Waals surface area contributed by atoms with Crippen molar-refractivity contribution in [2.24, 2.45) is 0 Å². The van der Waals surface area contributed by atoms with Crippen LogP contribution in [0.5, 0.6) is 5.88 Å². The van der Waals surface area contributed by atoms with Gasteiger partial charge in [-0.05, 0) is 18.2 Å². The first-order valence-corrected chi connectivity index (χ1v) is 11.0. The van der Waals surface area contributed by atoms with Gasteiger partial charge in [-0.3, -0.25) is 4.79 Å². The number of carboxylic acid groups (broad SMARTS) is 1. The molecule has 0 bridgehead atoms. The summed E-state index contributed by atoms with van der Waals surface area (Å²) in [6, 6.07) is 7.55. The second-order valence-electron chi connectivity index (χ2n) is 6.37. The predicted octanol–water partition coefficient (Wildman–Crippen LogP) is 2.77. The lowest BCUT2D eigenvalue weighted by atomic mass is 10.2. The molecular formula is C15H20N2O5Si. The average molecular weight is 336 g/mol. The number of hydrogen-bond acceptors (Lipinski definition) is 5. The highest BCUT2D eigenvalue weighted by Crippen LogP contribution is 2.20. The van der Waals surface area contributed by atoms with E-state index in [9.17, 15) is 9.59 Å². The Bertz CT molecular complexity index is 767. The van der Waals surface area contributed by atoms with Crippen molar-refractivity contribution in [2.75, 3.05) is 6.61 Å². The van der Waals surface area contributed by atoms with E-state index >= 15 is 0 Å². The third-order valence-electron chi connectivity index (χ3n) is 3.23. The van der Waals surface area contributed by atoms with Crippen LogP contribution >= 0.6 is 0 Å². The number of nitrogens with zero attached hydrogens (tertiary/aromatic N) is 2. The van der Waals surface area contributed by atoms with Gasteiger partial charge in [0.2, 0.25) is 0 Å². The molecule has 1 aromatic carbocycles. The number of aromatic nitrogens is 2. The molecular weight excluding hydrogens is 316 g/mol. The second kappa shape index (κ2) is 6.92. The molecule has 2 rings (SSSR count). The first-order valence-electron chi connectivity index (χ1n) is 7.26. The van der Waals surface area contributed by atoms with Gasteiger partial charge in [-0.15, -0.1) is 5.10 Å². The van der Waals surface area contributed by atoms with Gasteiger partial charge in [-0.25, -0.2) is 4.79 Å². The quantitative estimate of drug-likeness (QED) is 0.495. The van der Waals surface area contributed by atoms with Crippen LogP contribution in [-0.2, 0) is 11.5 Å². The highest BCUT2D eigenvalue weighted by Gasteiger charge is 2.15. The number of benzene rings is 1. The molecule has 0 saturated carbocycles. The summed E-state index contributed by atoms with van der Waals surface area (Å²) < 4.78 is 11.3. The number of rotatable bonds is 6. The van der Waals surface area contributed by atoms with Crippen LogP contribution in [0.1, 0.15) is 0 Å². The summed E-state index contributed by atoms with van der Waals surface area (Å²) in [5, 5.41) is 13.5. The van der Waals surface area contributed by atoms with Crippen LogP contribution in [0.15, 0.2) is 29.1 Å². The van der Waals surface area contributed by atoms with Crippen molar-refractivity contribution < 1.29 is 19.4 Å². The van der Waals surface area contributed by atoms with Crippen molar-refractivity contribution >= 4 is 25.0 Å². The monoisotopic (exact) mass is 336 g/mol. The second-order valence-corrected chi connectivity index (χ2v) is 12.0. The molecule has 8 heteroatoms. The summed E-state index contributed by atoms with van der Waals surface area (Å²) >= 11 is 0. The van der Waals surface area contributed by atoms with Crippen LogP contribution in [0, 0.1) is 0 Å². The van der Waals surface area contributed by atoms with Gasteiger partial charge in [0.1, 0.15) is 6.73 Å². The van der Waals surface area contributed by atoms with E-state index in [1.165, 1.54) is 0 Å². The molecule has 0 saturated heterocycles. The molecule has 0 atom stereocenters.